The lowest BCUT2D eigenvalue weighted by Gasteiger charge is -2.37. The average molecular weight is 338 g/mol. The number of ketones is 1. The zero-order chi connectivity index (χ0) is 17.7. The van der Waals surface area contributed by atoms with E-state index in [1.54, 1.807) is 19.9 Å². The first-order chi connectivity index (χ1) is 11.4. The van der Waals surface area contributed by atoms with Gasteiger partial charge in [0, 0.05) is 12.8 Å². The predicted molar refractivity (Wildman–Crippen MR) is 86.9 cm³/mol. The highest BCUT2D eigenvalue weighted by Crippen LogP contribution is 2.26. The molecular weight excluding hydrogens is 312 g/mol. The summed E-state index contributed by atoms with van der Waals surface area (Å²) in [5.74, 6) is 2.44. The summed E-state index contributed by atoms with van der Waals surface area (Å²) in [6.07, 6.45) is 7.19. The van der Waals surface area contributed by atoms with Gasteiger partial charge < -0.3 is 24.1 Å². The fourth-order valence-electron chi connectivity index (χ4n) is 2.72. The number of ether oxygens (including phenoxy) is 4. The molecule has 1 fully saturated rings. The van der Waals surface area contributed by atoms with Crippen LogP contribution < -0.4 is 0 Å². The lowest BCUT2D eigenvalue weighted by atomic mass is 10.1. The topological polar surface area (TPSA) is 74.2 Å². The highest BCUT2D eigenvalue weighted by Gasteiger charge is 2.34. The van der Waals surface area contributed by atoms with Crippen molar-refractivity contribution in [3.8, 4) is 12.3 Å². The molecule has 0 radical (unpaired) electrons. The summed E-state index contributed by atoms with van der Waals surface area (Å²) in [6.45, 7) is 5.25. The molecule has 2 aliphatic rings. The van der Waals surface area contributed by atoms with Crippen molar-refractivity contribution in [1.29, 1.82) is 0 Å². The minimum atomic E-state index is -0.659. The number of aliphatic hydroxyl groups excluding tert-OH is 1. The minimum Gasteiger partial charge on any atom is -0.391 e. The number of terminal acetylenes is 1. The van der Waals surface area contributed by atoms with Gasteiger partial charge in [-0.05, 0) is 39.3 Å². The molecule has 134 valence electrons. The van der Waals surface area contributed by atoms with Crippen LogP contribution in [0.3, 0.4) is 0 Å². The van der Waals surface area contributed by atoms with Crippen LogP contribution in [0.4, 0.5) is 0 Å². The van der Waals surface area contributed by atoms with Crippen molar-refractivity contribution in [2.75, 3.05) is 0 Å². The van der Waals surface area contributed by atoms with E-state index in [1.807, 2.05) is 6.92 Å². The number of carbonyl (C=O) groups is 1. The Kier molecular flexibility index (Phi) is 6.96. The molecule has 1 N–H and O–H groups in total. The van der Waals surface area contributed by atoms with Gasteiger partial charge in [0.25, 0.3) is 0 Å². The Morgan fingerprint density at radius 1 is 1.42 bits per heavy atom. The molecule has 0 amide bonds. The van der Waals surface area contributed by atoms with Crippen molar-refractivity contribution >= 4 is 5.78 Å². The molecule has 6 heteroatoms. The first-order valence-electron chi connectivity index (χ1n) is 8.36. The van der Waals surface area contributed by atoms with Gasteiger partial charge in [-0.25, -0.2) is 0 Å². The summed E-state index contributed by atoms with van der Waals surface area (Å²) >= 11 is 0. The summed E-state index contributed by atoms with van der Waals surface area (Å²) in [5, 5.41) is 9.70. The third-order valence-electron chi connectivity index (χ3n) is 4.23. The van der Waals surface area contributed by atoms with Crippen LogP contribution >= 0.6 is 0 Å². The summed E-state index contributed by atoms with van der Waals surface area (Å²) in [6, 6.07) is 0. The number of hydrogen-bond donors (Lipinski definition) is 1. The lowest BCUT2D eigenvalue weighted by molar-refractivity contribution is -0.269. The van der Waals surface area contributed by atoms with Crippen molar-refractivity contribution in [1.82, 2.24) is 0 Å². The van der Waals surface area contributed by atoms with Crippen LogP contribution in [0.1, 0.15) is 40.0 Å². The van der Waals surface area contributed by atoms with E-state index in [2.05, 4.69) is 5.92 Å². The molecule has 6 nitrogen and oxygen atoms in total. The van der Waals surface area contributed by atoms with Crippen LogP contribution in [-0.4, -0.2) is 54.0 Å². The van der Waals surface area contributed by atoms with E-state index in [9.17, 15) is 9.90 Å². The van der Waals surface area contributed by atoms with Crippen molar-refractivity contribution < 1.29 is 28.8 Å². The smallest absolute Gasteiger partial charge is 0.184 e. The fraction of sp³-hybridized carbons (Fsp3) is 0.722. The Labute approximate surface area is 143 Å². The standard InChI is InChI=1S/C18H26O6/c1-5-6-15(11(2)19)23-18-10-8-16(13(4)22-18)24-17-9-7-14(20)12(3)21-17/h1,7,9,11-13,15-19H,6,8,10H2,2-4H3/t11-,12-,13-,15-,16-,17-,18-/m0/s1. The van der Waals surface area contributed by atoms with Crippen LogP contribution in [-0.2, 0) is 23.7 Å². The second-order valence-corrected chi connectivity index (χ2v) is 6.25. The molecule has 1 saturated heterocycles. The molecule has 0 unspecified atom stereocenters. The maximum absolute atomic E-state index is 11.4. The van der Waals surface area contributed by atoms with Gasteiger partial charge in [-0.2, -0.15) is 0 Å². The summed E-state index contributed by atoms with van der Waals surface area (Å²) in [5.41, 5.74) is 0. The Hall–Kier alpha value is -1.23. The van der Waals surface area contributed by atoms with Crippen LogP contribution in [0, 0.1) is 12.3 Å². The van der Waals surface area contributed by atoms with Crippen LogP contribution in [0.25, 0.3) is 0 Å². The molecule has 0 aliphatic carbocycles. The third kappa shape index (κ3) is 5.13. The third-order valence-corrected chi connectivity index (χ3v) is 4.23. The molecule has 0 saturated carbocycles. The Morgan fingerprint density at radius 2 is 2.17 bits per heavy atom. The Morgan fingerprint density at radius 3 is 2.75 bits per heavy atom. The monoisotopic (exact) mass is 338 g/mol. The van der Waals surface area contributed by atoms with E-state index < -0.39 is 30.9 Å². The van der Waals surface area contributed by atoms with Gasteiger partial charge in [-0.3, -0.25) is 4.79 Å². The Bertz CT molecular complexity index is 494. The number of hydrogen-bond acceptors (Lipinski definition) is 6. The molecule has 0 aromatic carbocycles. The van der Waals surface area contributed by atoms with E-state index in [4.69, 9.17) is 25.4 Å². The number of aliphatic hydroxyl groups is 1. The van der Waals surface area contributed by atoms with Crippen LogP contribution in [0.15, 0.2) is 12.2 Å². The molecule has 0 aromatic heterocycles. The number of carbonyl (C=O) groups excluding carboxylic acids is 1. The van der Waals surface area contributed by atoms with E-state index in [0.29, 0.717) is 12.8 Å². The highest BCUT2D eigenvalue weighted by atomic mass is 16.7. The molecule has 0 spiro atoms. The lowest BCUT2D eigenvalue weighted by Crippen LogP contribution is -2.44. The van der Waals surface area contributed by atoms with E-state index in [0.717, 1.165) is 6.42 Å². The Balaban J connectivity index is 1.83. The van der Waals surface area contributed by atoms with Gasteiger partial charge in [-0.1, -0.05) is 0 Å². The van der Waals surface area contributed by atoms with Gasteiger partial charge in [0.1, 0.15) is 6.10 Å². The van der Waals surface area contributed by atoms with Crippen molar-refractivity contribution in [3.63, 3.8) is 0 Å². The molecule has 0 bridgehead atoms. The summed E-state index contributed by atoms with van der Waals surface area (Å²) in [4.78, 5) is 11.4. The quantitative estimate of drug-likeness (QED) is 0.741. The first-order valence-corrected chi connectivity index (χ1v) is 8.36. The first kappa shape index (κ1) is 19.1. The SMILES string of the molecule is C#CC[C@H](O[C@H]1CC[C@H](O[C@H]2C=CC(=O)[C@H](C)O2)[C@H](C)O1)[C@H](C)O. The maximum atomic E-state index is 11.4. The van der Waals surface area contributed by atoms with Gasteiger partial charge in [0.2, 0.25) is 0 Å². The average Bonchev–Trinajstić information content (AvgIpc) is 2.53. The van der Waals surface area contributed by atoms with Gasteiger partial charge in [-0.15, -0.1) is 12.3 Å². The van der Waals surface area contributed by atoms with Crippen molar-refractivity contribution in [2.24, 2.45) is 0 Å². The zero-order valence-corrected chi connectivity index (χ0v) is 14.4. The van der Waals surface area contributed by atoms with E-state index in [-0.39, 0.29) is 18.0 Å². The van der Waals surface area contributed by atoms with E-state index in [1.165, 1.54) is 6.08 Å². The van der Waals surface area contributed by atoms with E-state index >= 15 is 0 Å². The van der Waals surface area contributed by atoms with Crippen LogP contribution in [0.2, 0.25) is 0 Å². The molecule has 2 aliphatic heterocycles. The molecule has 0 aromatic rings. The molecule has 2 heterocycles. The number of rotatable bonds is 6. The largest absolute Gasteiger partial charge is 0.391 e. The summed E-state index contributed by atoms with van der Waals surface area (Å²) < 4.78 is 23.0. The van der Waals surface area contributed by atoms with Gasteiger partial charge in [0.05, 0.1) is 24.4 Å². The fourth-order valence-corrected chi connectivity index (χ4v) is 2.72. The molecule has 24 heavy (non-hydrogen) atoms. The second-order valence-electron chi connectivity index (χ2n) is 6.25. The molecule has 7 atom stereocenters. The highest BCUT2D eigenvalue weighted by molar-refractivity contribution is 5.93. The maximum Gasteiger partial charge on any atom is 0.184 e. The minimum absolute atomic E-state index is 0.0612. The second kappa shape index (κ2) is 8.75. The van der Waals surface area contributed by atoms with Crippen molar-refractivity contribution in [3.05, 3.63) is 12.2 Å². The zero-order valence-electron chi connectivity index (χ0n) is 14.4. The predicted octanol–water partition coefficient (Wildman–Crippen LogP) is 1.56. The van der Waals surface area contributed by atoms with Gasteiger partial charge >= 0.3 is 0 Å². The van der Waals surface area contributed by atoms with Gasteiger partial charge in [0.15, 0.2) is 18.4 Å². The van der Waals surface area contributed by atoms with Crippen LogP contribution in [0.5, 0.6) is 0 Å². The molecular formula is C18H26O6. The van der Waals surface area contributed by atoms with Crippen molar-refractivity contribution in [2.45, 2.75) is 83.1 Å². The summed E-state index contributed by atoms with van der Waals surface area (Å²) in [7, 11) is 0. The molecule has 2 rings (SSSR count). The normalized spacial score (nSPS) is 36.1.